The average molecular weight is 361 g/mol. The molecule has 0 aliphatic carbocycles. The second-order valence-corrected chi connectivity index (χ2v) is 7.90. The minimum Gasteiger partial charge on any atom is -0.386 e. The van der Waals surface area contributed by atoms with Gasteiger partial charge in [-0.1, -0.05) is 12.1 Å². The van der Waals surface area contributed by atoms with E-state index < -0.39 is 5.60 Å². The zero-order valence-electron chi connectivity index (χ0n) is 15.8. The number of nitrogens with one attached hydrogen (secondary N) is 1. The van der Waals surface area contributed by atoms with Crippen LogP contribution in [-0.2, 0) is 11.2 Å². The predicted molar refractivity (Wildman–Crippen MR) is 101 cm³/mol. The van der Waals surface area contributed by atoms with Crippen molar-refractivity contribution in [2.24, 2.45) is 5.73 Å². The monoisotopic (exact) mass is 361 g/mol. The highest BCUT2D eigenvalue weighted by Gasteiger charge is 2.48. The number of ether oxygens (including phenoxy) is 1. The molecule has 2 atom stereocenters. The van der Waals surface area contributed by atoms with Gasteiger partial charge in [-0.25, -0.2) is 0 Å². The van der Waals surface area contributed by atoms with E-state index in [1.54, 1.807) is 0 Å². The van der Waals surface area contributed by atoms with E-state index >= 15 is 0 Å². The highest BCUT2D eigenvalue weighted by atomic mass is 16.5. The van der Waals surface area contributed by atoms with Crippen LogP contribution in [0.1, 0.15) is 42.1 Å². The Bertz CT molecular complexity index is 622. The second kappa shape index (κ2) is 7.64. The minimum atomic E-state index is -0.849. The smallest absolute Gasteiger partial charge is 0.253 e. The Balaban J connectivity index is 1.60. The minimum absolute atomic E-state index is 0.00795. The summed E-state index contributed by atoms with van der Waals surface area (Å²) in [6.45, 7) is 4.12. The number of likely N-dealkylation sites (tertiary alicyclic amines) is 1. The predicted octanol–water partition coefficient (Wildman–Crippen LogP) is 0.922. The Kier molecular flexibility index (Phi) is 5.67. The molecule has 2 aliphatic rings. The SMILES string of the molecule is CN[C@H]1CC2(CCN(C(=O)c3ccc(CCN)cc3)CC2)OC[C@]1(C)O. The lowest BCUT2D eigenvalue weighted by Gasteiger charge is -2.50. The first-order chi connectivity index (χ1) is 12.4. The molecule has 2 saturated heterocycles. The van der Waals surface area contributed by atoms with Gasteiger partial charge in [-0.2, -0.15) is 0 Å². The van der Waals surface area contributed by atoms with Crippen LogP contribution in [0, 0.1) is 0 Å². The van der Waals surface area contributed by atoms with Crippen molar-refractivity contribution >= 4 is 5.91 Å². The number of nitrogens with two attached hydrogens (primary N) is 1. The van der Waals surface area contributed by atoms with Crippen molar-refractivity contribution in [2.75, 3.05) is 33.3 Å². The summed E-state index contributed by atoms with van der Waals surface area (Å²) < 4.78 is 6.09. The van der Waals surface area contributed by atoms with Gasteiger partial charge in [0.05, 0.1) is 12.2 Å². The lowest BCUT2D eigenvalue weighted by molar-refractivity contribution is -0.189. The van der Waals surface area contributed by atoms with Gasteiger partial charge >= 0.3 is 0 Å². The molecule has 6 heteroatoms. The number of carbonyl (C=O) groups excluding carboxylic acids is 1. The molecule has 6 nitrogen and oxygen atoms in total. The van der Waals surface area contributed by atoms with Gasteiger partial charge in [0.25, 0.3) is 5.91 Å². The molecule has 0 unspecified atom stereocenters. The van der Waals surface area contributed by atoms with Crippen LogP contribution in [-0.4, -0.2) is 66.4 Å². The molecule has 0 bridgehead atoms. The van der Waals surface area contributed by atoms with Crippen LogP contribution in [0.3, 0.4) is 0 Å². The lowest BCUT2D eigenvalue weighted by Crippen LogP contribution is -2.62. The van der Waals surface area contributed by atoms with E-state index in [0.717, 1.165) is 36.8 Å². The molecule has 1 spiro atoms. The number of rotatable bonds is 4. The van der Waals surface area contributed by atoms with Gasteiger partial charge in [0.1, 0.15) is 5.60 Å². The van der Waals surface area contributed by atoms with E-state index in [0.29, 0.717) is 26.2 Å². The molecule has 2 heterocycles. The first kappa shape index (κ1) is 19.3. The van der Waals surface area contributed by atoms with Gasteiger partial charge in [0.15, 0.2) is 0 Å². The zero-order valence-corrected chi connectivity index (χ0v) is 15.8. The summed E-state index contributed by atoms with van der Waals surface area (Å²) >= 11 is 0. The third kappa shape index (κ3) is 3.93. The summed E-state index contributed by atoms with van der Waals surface area (Å²) in [5.41, 5.74) is 6.36. The molecule has 0 aromatic heterocycles. The molecule has 1 amide bonds. The van der Waals surface area contributed by atoms with E-state index in [4.69, 9.17) is 10.5 Å². The fraction of sp³-hybridized carbons (Fsp3) is 0.650. The standard InChI is InChI=1S/C20H31N3O3/c1-19(25)14-26-20(13-17(19)22-2)8-11-23(12-9-20)18(24)16-5-3-15(4-6-16)7-10-21/h3-6,17,22,25H,7-14,21H2,1-2H3/t17-,19-/m0/s1. The normalized spacial score (nSPS) is 28.3. The molecule has 26 heavy (non-hydrogen) atoms. The van der Waals surface area contributed by atoms with Crippen molar-refractivity contribution in [1.29, 1.82) is 0 Å². The van der Waals surface area contributed by atoms with Crippen molar-refractivity contribution in [2.45, 2.75) is 49.9 Å². The number of likely N-dealkylation sites (N-methyl/N-ethyl adjacent to an activating group) is 1. The number of carbonyl (C=O) groups is 1. The molecule has 0 saturated carbocycles. The summed E-state index contributed by atoms with van der Waals surface area (Å²) in [5, 5.41) is 13.7. The van der Waals surface area contributed by atoms with Crippen molar-refractivity contribution in [3.05, 3.63) is 35.4 Å². The van der Waals surface area contributed by atoms with Crippen molar-refractivity contribution in [3.63, 3.8) is 0 Å². The highest BCUT2D eigenvalue weighted by molar-refractivity contribution is 5.94. The average Bonchev–Trinajstić information content (AvgIpc) is 2.65. The van der Waals surface area contributed by atoms with Crippen LogP contribution in [0.2, 0.25) is 0 Å². The Labute approximate surface area is 155 Å². The summed E-state index contributed by atoms with van der Waals surface area (Å²) in [5.74, 6) is 0.0760. The zero-order chi connectivity index (χ0) is 18.8. The van der Waals surface area contributed by atoms with E-state index in [2.05, 4.69) is 5.32 Å². The molecule has 1 aromatic carbocycles. The van der Waals surface area contributed by atoms with Crippen LogP contribution >= 0.6 is 0 Å². The van der Waals surface area contributed by atoms with Crippen molar-refractivity contribution < 1.29 is 14.6 Å². The Morgan fingerprint density at radius 2 is 2.00 bits per heavy atom. The molecular weight excluding hydrogens is 330 g/mol. The maximum absolute atomic E-state index is 12.8. The largest absolute Gasteiger partial charge is 0.386 e. The fourth-order valence-corrected chi connectivity index (χ4v) is 4.09. The second-order valence-electron chi connectivity index (χ2n) is 7.90. The first-order valence-electron chi connectivity index (χ1n) is 9.51. The van der Waals surface area contributed by atoms with Crippen LogP contribution in [0.5, 0.6) is 0 Å². The maximum Gasteiger partial charge on any atom is 0.253 e. The molecule has 2 aliphatic heterocycles. The Morgan fingerprint density at radius 3 is 2.58 bits per heavy atom. The highest BCUT2D eigenvalue weighted by Crippen LogP contribution is 2.38. The summed E-state index contributed by atoms with van der Waals surface area (Å²) in [4.78, 5) is 14.7. The van der Waals surface area contributed by atoms with E-state index in [1.165, 1.54) is 0 Å². The maximum atomic E-state index is 12.8. The number of aliphatic hydroxyl groups is 1. The van der Waals surface area contributed by atoms with Crippen LogP contribution in [0.15, 0.2) is 24.3 Å². The number of benzene rings is 1. The number of piperidine rings is 1. The molecular formula is C20H31N3O3. The molecule has 144 valence electrons. The van der Waals surface area contributed by atoms with E-state index in [1.807, 2.05) is 43.1 Å². The molecule has 3 rings (SSSR count). The van der Waals surface area contributed by atoms with Crippen molar-refractivity contribution in [3.8, 4) is 0 Å². The molecule has 1 aromatic rings. The van der Waals surface area contributed by atoms with Gasteiger partial charge in [-0.15, -0.1) is 0 Å². The van der Waals surface area contributed by atoms with Crippen LogP contribution in [0.25, 0.3) is 0 Å². The number of amides is 1. The third-order valence-electron chi connectivity index (χ3n) is 5.94. The van der Waals surface area contributed by atoms with Crippen LogP contribution < -0.4 is 11.1 Å². The summed E-state index contributed by atoms with van der Waals surface area (Å²) in [6.07, 6.45) is 3.21. The van der Waals surface area contributed by atoms with Gasteiger partial charge in [0.2, 0.25) is 0 Å². The third-order valence-corrected chi connectivity index (χ3v) is 5.94. The van der Waals surface area contributed by atoms with Gasteiger partial charge < -0.3 is 25.8 Å². The quantitative estimate of drug-likeness (QED) is 0.742. The summed E-state index contributed by atoms with van der Waals surface area (Å²) in [7, 11) is 1.88. The van der Waals surface area contributed by atoms with E-state index in [-0.39, 0.29) is 17.6 Å². The summed E-state index contributed by atoms with van der Waals surface area (Å²) in [6, 6.07) is 7.75. The fourth-order valence-electron chi connectivity index (χ4n) is 4.09. The number of nitrogens with zero attached hydrogens (tertiary/aromatic N) is 1. The van der Waals surface area contributed by atoms with Crippen molar-refractivity contribution in [1.82, 2.24) is 10.2 Å². The Hall–Kier alpha value is -1.47. The molecule has 0 radical (unpaired) electrons. The molecule has 4 N–H and O–H groups in total. The van der Waals surface area contributed by atoms with Gasteiger partial charge in [-0.3, -0.25) is 4.79 Å². The first-order valence-corrected chi connectivity index (χ1v) is 9.51. The number of hydrogen-bond acceptors (Lipinski definition) is 5. The number of hydrogen-bond donors (Lipinski definition) is 3. The molecule has 2 fully saturated rings. The lowest BCUT2D eigenvalue weighted by atomic mass is 9.77. The van der Waals surface area contributed by atoms with Gasteiger partial charge in [-0.05, 0) is 63.9 Å². The topological polar surface area (TPSA) is 87.8 Å². The van der Waals surface area contributed by atoms with Crippen LogP contribution in [0.4, 0.5) is 0 Å². The van der Waals surface area contributed by atoms with Gasteiger partial charge in [0, 0.05) is 24.7 Å². The van der Waals surface area contributed by atoms with E-state index in [9.17, 15) is 9.90 Å². The Morgan fingerprint density at radius 1 is 1.35 bits per heavy atom.